The predicted octanol–water partition coefficient (Wildman–Crippen LogP) is 0.828. The van der Waals surface area contributed by atoms with E-state index in [-0.39, 0.29) is 18.4 Å². The average Bonchev–Trinajstić information content (AvgIpc) is 2.81. The van der Waals surface area contributed by atoms with Crippen LogP contribution in [0.3, 0.4) is 0 Å². The first-order chi connectivity index (χ1) is 9.57. The molecule has 1 aromatic rings. The maximum absolute atomic E-state index is 12.9. The molecule has 2 amide bonds. The van der Waals surface area contributed by atoms with Crippen molar-refractivity contribution in [3.8, 4) is 0 Å². The zero-order valence-corrected chi connectivity index (χ0v) is 12.3. The van der Waals surface area contributed by atoms with Crippen molar-refractivity contribution in [2.24, 2.45) is 0 Å². The van der Waals surface area contributed by atoms with Crippen LogP contribution in [-0.4, -0.2) is 45.2 Å². The first-order valence-corrected chi connectivity index (χ1v) is 8.40. The summed E-state index contributed by atoms with van der Waals surface area (Å²) in [5, 5.41) is 9.71. The van der Waals surface area contributed by atoms with Crippen LogP contribution < -0.4 is 4.90 Å². The quantitative estimate of drug-likeness (QED) is 0.779. The van der Waals surface area contributed by atoms with Crippen molar-refractivity contribution in [3.63, 3.8) is 0 Å². The van der Waals surface area contributed by atoms with Crippen molar-refractivity contribution in [3.05, 3.63) is 29.8 Å². The van der Waals surface area contributed by atoms with E-state index in [1.54, 1.807) is 11.9 Å². The number of aliphatic hydroxyl groups excluding tert-OH is 1. The Kier molecular flexibility index (Phi) is 2.33. The van der Waals surface area contributed by atoms with Gasteiger partial charge in [-0.2, -0.15) is 0 Å². The van der Waals surface area contributed by atoms with Crippen molar-refractivity contribution < 1.29 is 14.7 Å². The van der Waals surface area contributed by atoms with Gasteiger partial charge in [-0.25, -0.2) is 0 Å². The summed E-state index contributed by atoms with van der Waals surface area (Å²) in [6.07, 6.45) is 0.525. The number of rotatable bonds is 1. The molecule has 0 aromatic heterocycles. The molecular formula is C13H12N2O3S2. The van der Waals surface area contributed by atoms with Gasteiger partial charge in [0.15, 0.2) is 4.87 Å². The van der Waals surface area contributed by atoms with Crippen LogP contribution in [0.1, 0.15) is 5.56 Å². The van der Waals surface area contributed by atoms with Crippen LogP contribution in [0.4, 0.5) is 5.69 Å². The Morgan fingerprint density at radius 3 is 2.75 bits per heavy atom. The summed E-state index contributed by atoms with van der Waals surface area (Å²) in [6.45, 7) is -0.375. The molecule has 2 atom stereocenters. The molecule has 20 heavy (non-hydrogen) atoms. The van der Waals surface area contributed by atoms with Crippen LogP contribution in [0.5, 0.6) is 0 Å². The number of carbonyl (C=O) groups excluding carboxylic acids is 2. The minimum atomic E-state index is -1.19. The van der Waals surface area contributed by atoms with Crippen LogP contribution in [0.25, 0.3) is 0 Å². The molecule has 4 heterocycles. The molecule has 1 spiro atoms. The number of para-hydroxylation sites is 1. The summed E-state index contributed by atoms with van der Waals surface area (Å²) in [6, 6.07) is 7.60. The number of likely N-dealkylation sites (N-methyl/N-ethyl adjacent to an activating group) is 1. The molecule has 5 nitrogen and oxygen atoms in total. The number of aliphatic hydroxyl groups is 1. The van der Waals surface area contributed by atoms with Gasteiger partial charge in [-0.15, -0.1) is 0 Å². The first kappa shape index (κ1) is 12.6. The largest absolute Gasteiger partial charge is 0.392 e. The molecule has 1 aromatic carbocycles. The molecule has 104 valence electrons. The average molecular weight is 308 g/mol. The fourth-order valence-electron chi connectivity index (χ4n) is 3.13. The van der Waals surface area contributed by atoms with Gasteiger partial charge in [0.25, 0.3) is 11.8 Å². The summed E-state index contributed by atoms with van der Waals surface area (Å²) < 4.78 is 0. The summed E-state index contributed by atoms with van der Waals surface area (Å²) in [5.41, 5.74) is 1.80. The van der Waals surface area contributed by atoms with Crippen molar-refractivity contribution in [2.45, 2.75) is 16.2 Å². The van der Waals surface area contributed by atoms with Gasteiger partial charge in [0.2, 0.25) is 4.87 Å². The minimum absolute atomic E-state index is 0.105. The molecule has 0 saturated carbocycles. The maximum Gasteiger partial charge on any atom is 0.268 e. The highest BCUT2D eigenvalue weighted by Gasteiger charge is 2.70. The molecule has 0 unspecified atom stereocenters. The van der Waals surface area contributed by atoms with Crippen LogP contribution in [0, 0.1) is 0 Å². The molecule has 2 bridgehead atoms. The number of carbonyl (C=O) groups is 2. The molecule has 4 aliphatic rings. The highest BCUT2D eigenvalue weighted by atomic mass is 33.1. The lowest BCUT2D eigenvalue weighted by Gasteiger charge is -2.57. The zero-order valence-electron chi connectivity index (χ0n) is 10.7. The molecule has 3 fully saturated rings. The maximum atomic E-state index is 12.9. The number of hydrogen-bond acceptors (Lipinski definition) is 5. The van der Waals surface area contributed by atoms with E-state index in [1.807, 2.05) is 24.3 Å². The Labute approximate surface area is 123 Å². The van der Waals surface area contributed by atoms with Gasteiger partial charge >= 0.3 is 0 Å². The summed E-state index contributed by atoms with van der Waals surface area (Å²) in [5.74, 6) is -0.304. The lowest BCUT2D eigenvalue weighted by Crippen LogP contribution is -2.77. The second-order valence-electron chi connectivity index (χ2n) is 5.20. The van der Waals surface area contributed by atoms with Crippen molar-refractivity contribution >= 4 is 39.1 Å². The number of piperazine rings is 1. The smallest absolute Gasteiger partial charge is 0.268 e. The van der Waals surface area contributed by atoms with E-state index < -0.39 is 9.74 Å². The molecule has 4 aliphatic heterocycles. The number of amides is 2. The van der Waals surface area contributed by atoms with Gasteiger partial charge < -0.3 is 10.0 Å². The van der Waals surface area contributed by atoms with Gasteiger partial charge in [0.1, 0.15) is 0 Å². The highest BCUT2D eigenvalue weighted by molar-refractivity contribution is 8.78. The van der Waals surface area contributed by atoms with Gasteiger partial charge in [-0.05, 0) is 22.4 Å². The minimum Gasteiger partial charge on any atom is -0.392 e. The first-order valence-electron chi connectivity index (χ1n) is 6.25. The Hall–Kier alpha value is -1.18. The third kappa shape index (κ3) is 1.14. The SMILES string of the molecule is CN1C(=O)[C@]23Cc4ccccc4N2C(=O)[C@]1(CO)SS3. The van der Waals surface area contributed by atoms with E-state index >= 15 is 0 Å². The van der Waals surface area contributed by atoms with Crippen LogP contribution >= 0.6 is 21.6 Å². The van der Waals surface area contributed by atoms with E-state index in [4.69, 9.17) is 0 Å². The zero-order chi connectivity index (χ0) is 14.1. The lowest BCUT2D eigenvalue weighted by atomic mass is 10.0. The lowest BCUT2D eigenvalue weighted by molar-refractivity contribution is -0.149. The van der Waals surface area contributed by atoms with Crippen molar-refractivity contribution in [2.75, 3.05) is 18.6 Å². The third-order valence-electron chi connectivity index (χ3n) is 4.27. The summed E-state index contributed by atoms with van der Waals surface area (Å²) in [4.78, 5) is 26.6. The van der Waals surface area contributed by atoms with Crippen LogP contribution in [-0.2, 0) is 16.0 Å². The monoisotopic (exact) mass is 308 g/mol. The molecule has 0 radical (unpaired) electrons. The number of benzene rings is 1. The van der Waals surface area contributed by atoms with Crippen molar-refractivity contribution in [1.82, 2.24) is 4.90 Å². The van der Waals surface area contributed by atoms with E-state index in [9.17, 15) is 14.7 Å². The predicted molar refractivity (Wildman–Crippen MR) is 78.1 cm³/mol. The fraction of sp³-hybridized carbons (Fsp3) is 0.385. The Bertz CT molecular complexity index is 652. The van der Waals surface area contributed by atoms with Gasteiger partial charge in [0.05, 0.1) is 6.61 Å². The Balaban J connectivity index is 1.96. The standard InChI is InChI=1S/C13H12N2O3S2/c1-14-10(17)12-6-8-4-2-3-5-9(8)15(12)11(18)13(14,7-16)20-19-12/h2-5,16H,6-7H2,1H3/t12-,13+/m1/s1. The molecular weight excluding hydrogens is 296 g/mol. The fourth-order valence-corrected chi connectivity index (χ4v) is 6.64. The van der Waals surface area contributed by atoms with E-state index in [0.29, 0.717) is 6.42 Å². The van der Waals surface area contributed by atoms with Crippen LogP contribution in [0.2, 0.25) is 0 Å². The Morgan fingerprint density at radius 2 is 2.00 bits per heavy atom. The molecule has 5 rings (SSSR count). The van der Waals surface area contributed by atoms with Gasteiger partial charge in [-0.3, -0.25) is 14.5 Å². The van der Waals surface area contributed by atoms with Crippen LogP contribution in [0.15, 0.2) is 24.3 Å². The number of hydrogen-bond donors (Lipinski definition) is 1. The molecule has 0 aliphatic carbocycles. The van der Waals surface area contributed by atoms with E-state index in [0.717, 1.165) is 11.3 Å². The number of fused-ring (bicyclic) bond motifs is 3. The molecule has 1 N–H and O–H groups in total. The molecule has 7 heteroatoms. The molecule has 3 saturated heterocycles. The normalized spacial score (nSPS) is 34.5. The van der Waals surface area contributed by atoms with Crippen molar-refractivity contribution in [1.29, 1.82) is 0 Å². The summed E-state index contributed by atoms with van der Waals surface area (Å²) >= 11 is 0. The third-order valence-corrected chi connectivity index (χ3v) is 7.89. The topological polar surface area (TPSA) is 60.9 Å². The Morgan fingerprint density at radius 1 is 1.25 bits per heavy atom. The van der Waals surface area contributed by atoms with E-state index in [2.05, 4.69) is 0 Å². The number of nitrogens with zero attached hydrogens (tertiary/aromatic N) is 2. The second kappa shape index (κ2) is 3.72. The number of anilines is 1. The van der Waals surface area contributed by atoms with E-state index in [1.165, 1.54) is 26.5 Å². The highest BCUT2D eigenvalue weighted by Crippen LogP contribution is 2.63. The summed E-state index contributed by atoms with van der Waals surface area (Å²) in [7, 11) is 4.30. The second-order valence-corrected chi connectivity index (χ2v) is 7.89. The van der Waals surface area contributed by atoms with Gasteiger partial charge in [0, 0.05) is 19.2 Å². The van der Waals surface area contributed by atoms with Gasteiger partial charge in [-0.1, -0.05) is 29.0 Å².